The number of imide groups is 1. The number of carbonyl (C=O) groups is 3. The van der Waals surface area contributed by atoms with Gasteiger partial charge in [0.15, 0.2) is 0 Å². The number of rotatable bonds is 3. The monoisotopic (exact) mass is 422 g/mol. The van der Waals surface area contributed by atoms with E-state index in [2.05, 4.69) is 37.5 Å². The van der Waals surface area contributed by atoms with Crippen LogP contribution >= 0.6 is 23.4 Å². The van der Waals surface area contributed by atoms with Crippen molar-refractivity contribution in [1.82, 2.24) is 4.90 Å². The van der Waals surface area contributed by atoms with Crippen LogP contribution in [0.5, 0.6) is 0 Å². The van der Waals surface area contributed by atoms with Crippen molar-refractivity contribution < 1.29 is 19.1 Å². The second-order valence-corrected chi connectivity index (χ2v) is 9.15. The van der Waals surface area contributed by atoms with Crippen LogP contribution in [0, 0.1) is 0 Å². The molecule has 2 aliphatic rings. The standard InChI is InChI=1S/C20H23ClN2O4S/c1-11-9-20(2,3)22(4)15-8-14(21)12(6-13(11)15)7-16-18(25)23(19(26)28-16)10-17(24)27-5/h6-8,11H,9-10H2,1-5H3/b16-7-. The van der Waals surface area contributed by atoms with Crippen molar-refractivity contribution in [3.05, 3.63) is 33.2 Å². The number of hydrogen-bond donors (Lipinski definition) is 0. The van der Waals surface area contributed by atoms with Crippen molar-refractivity contribution in [1.29, 1.82) is 0 Å². The number of amides is 2. The molecule has 1 fully saturated rings. The Morgan fingerprint density at radius 3 is 2.71 bits per heavy atom. The fourth-order valence-electron chi connectivity index (χ4n) is 3.69. The van der Waals surface area contributed by atoms with Gasteiger partial charge in [-0.25, -0.2) is 0 Å². The van der Waals surface area contributed by atoms with E-state index >= 15 is 0 Å². The Kier molecular flexibility index (Phi) is 5.51. The molecule has 2 amide bonds. The first-order chi connectivity index (χ1) is 13.0. The number of ether oxygens (including phenoxy) is 1. The van der Waals surface area contributed by atoms with Gasteiger partial charge in [0.25, 0.3) is 11.1 Å². The largest absolute Gasteiger partial charge is 0.468 e. The lowest BCUT2D eigenvalue weighted by Gasteiger charge is -2.45. The van der Waals surface area contributed by atoms with Gasteiger partial charge in [0, 0.05) is 23.3 Å². The van der Waals surface area contributed by atoms with E-state index in [4.69, 9.17) is 11.6 Å². The molecule has 1 saturated heterocycles. The average molecular weight is 423 g/mol. The lowest BCUT2D eigenvalue weighted by molar-refractivity contribution is -0.143. The fraction of sp³-hybridized carbons (Fsp3) is 0.450. The van der Waals surface area contributed by atoms with Crippen LogP contribution in [0.2, 0.25) is 5.02 Å². The lowest BCUT2D eigenvalue weighted by atomic mass is 9.80. The Morgan fingerprint density at radius 2 is 2.07 bits per heavy atom. The molecule has 3 rings (SSSR count). The van der Waals surface area contributed by atoms with Gasteiger partial charge in [-0.1, -0.05) is 18.5 Å². The average Bonchev–Trinajstić information content (AvgIpc) is 2.88. The van der Waals surface area contributed by atoms with Crippen LogP contribution in [-0.4, -0.2) is 48.3 Å². The van der Waals surface area contributed by atoms with Crippen molar-refractivity contribution in [2.75, 3.05) is 25.6 Å². The molecule has 0 bridgehead atoms. The number of fused-ring (bicyclic) bond motifs is 1. The minimum Gasteiger partial charge on any atom is -0.468 e. The summed E-state index contributed by atoms with van der Waals surface area (Å²) in [6.07, 6.45) is 2.62. The van der Waals surface area contributed by atoms with Crippen molar-refractivity contribution in [3.8, 4) is 0 Å². The highest BCUT2D eigenvalue weighted by molar-refractivity contribution is 8.18. The molecule has 0 aliphatic carbocycles. The van der Waals surface area contributed by atoms with Gasteiger partial charge in [-0.05, 0) is 67.3 Å². The second kappa shape index (κ2) is 7.44. The van der Waals surface area contributed by atoms with Crippen LogP contribution in [0.1, 0.15) is 44.2 Å². The van der Waals surface area contributed by atoms with E-state index in [1.165, 1.54) is 7.11 Å². The summed E-state index contributed by atoms with van der Waals surface area (Å²) in [7, 11) is 3.27. The molecular weight excluding hydrogens is 400 g/mol. The van der Waals surface area contributed by atoms with Crippen molar-refractivity contribution in [3.63, 3.8) is 0 Å². The van der Waals surface area contributed by atoms with Crippen LogP contribution in [0.4, 0.5) is 10.5 Å². The van der Waals surface area contributed by atoms with E-state index in [0.717, 1.165) is 34.3 Å². The molecule has 2 heterocycles. The Bertz CT molecular complexity index is 896. The molecule has 28 heavy (non-hydrogen) atoms. The van der Waals surface area contributed by atoms with Gasteiger partial charge in [0.2, 0.25) is 0 Å². The molecule has 150 valence electrons. The number of anilines is 1. The SMILES string of the molecule is COC(=O)CN1C(=O)S/C(=C\c2cc3c(cc2Cl)N(C)C(C)(C)CC3C)C1=O. The zero-order chi connectivity index (χ0) is 20.8. The van der Waals surface area contributed by atoms with Crippen molar-refractivity contribution in [2.24, 2.45) is 0 Å². The first kappa shape index (κ1) is 20.7. The Morgan fingerprint density at radius 1 is 1.39 bits per heavy atom. The molecule has 0 radical (unpaired) electrons. The number of esters is 1. The molecule has 0 spiro atoms. The molecule has 2 aliphatic heterocycles. The highest BCUT2D eigenvalue weighted by atomic mass is 35.5. The molecule has 1 aromatic carbocycles. The first-order valence-corrected chi connectivity index (χ1v) is 10.1. The Labute approximate surface area is 173 Å². The highest BCUT2D eigenvalue weighted by Gasteiger charge is 2.37. The summed E-state index contributed by atoms with van der Waals surface area (Å²) in [4.78, 5) is 39.4. The van der Waals surface area contributed by atoms with Crippen LogP contribution < -0.4 is 4.90 Å². The van der Waals surface area contributed by atoms with Crippen molar-refractivity contribution >= 4 is 52.2 Å². The third-order valence-electron chi connectivity index (χ3n) is 5.43. The van der Waals surface area contributed by atoms with Crippen LogP contribution in [0.3, 0.4) is 0 Å². The third kappa shape index (κ3) is 3.65. The van der Waals surface area contributed by atoms with Crippen LogP contribution in [-0.2, 0) is 14.3 Å². The van der Waals surface area contributed by atoms with E-state index in [0.29, 0.717) is 16.5 Å². The van der Waals surface area contributed by atoms with E-state index < -0.39 is 23.7 Å². The lowest BCUT2D eigenvalue weighted by Crippen LogP contribution is -2.45. The number of hydrogen-bond acceptors (Lipinski definition) is 6. The summed E-state index contributed by atoms with van der Waals surface area (Å²) in [5, 5.41) is 0.0147. The van der Waals surface area contributed by atoms with Crippen LogP contribution in [0.25, 0.3) is 6.08 Å². The number of methoxy groups -OCH3 is 1. The minimum atomic E-state index is -0.644. The number of carbonyl (C=O) groups excluding carboxylic acids is 3. The third-order valence-corrected chi connectivity index (χ3v) is 6.66. The van der Waals surface area contributed by atoms with E-state index in [9.17, 15) is 14.4 Å². The maximum absolute atomic E-state index is 12.5. The predicted molar refractivity (Wildman–Crippen MR) is 112 cm³/mol. The maximum atomic E-state index is 12.5. The summed E-state index contributed by atoms with van der Waals surface area (Å²) < 4.78 is 4.54. The van der Waals surface area contributed by atoms with Gasteiger partial charge in [-0.15, -0.1) is 0 Å². The fourth-order valence-corrected chi connectivity index (χ4v) is 4.73. The quantitative estimate of drug-likeness (QED) is 0.535. The zero-order valence-corrected chi connectivity index (χ0v) is 18.1. The normalized spacial score (nSPS) is 22.6. The topological polar surface area (TPSA) is 66.9 Å². The summed E-state index contributed by atoms with van der Waals surface area (Å²) in [6, 6.07) is 3.90. The first-order valence-electron chi connectivity index (χ1n) is 8.94. The molecule has 0 saturated carbocycles. The molecular formula is C20H23ClN2O4S. The molecule has 1 unspecified atom stereocenters. The van der Waals surface area contributed by atoms with E-state index in [1.807, 2.05) is 12.1 Å². The van der Waals surface area contributed by atoms with Gasteiger partial charge < -0.3 is 9.64 Å². The van der Waals surface area contributed by atoms with Gasteiger partial charge in [0.05, 0.1) is 12.0 Å². The van der Waals surface area contributed by atoms with E-state index in [-0.39, 0.29) is 10.4 Å². The number of nitrogens with zero attached hydrogens (tertiary/aromatic N) is 2. The number of benzene rings is 1. The smallest absolute Gasteiger partial charge is 0.325 e. The summed E-state index contributed by atoms with van der Waals surface area (Å²) in [5.41, 5.74) is 2.94. The molecule has 1 atom stereocenters. The Hall–Kier alpha value is -1.99. The zero-order valence-electron chi connectivity index (χ0n) is 16.5. The summed E-state index contributed by atoms with van der Waals surface area (Å²) >= 11 is 7.31. The molecule has 8 heteroatoms. The highest BCUT2D eigenvalue weighted by Crippen LogP contribution is 2.45. The number of thioether (sulfide) groups is 1. The van der Waals surface area contributed by atoms with E-state index in [1.54, 1.807) is 6.08 Å². The Balaban J connectivity index is 1.96. The predicted octanol–water partition coefficient (Wildman–Crippen LogP) is 4.27. The minimum absolute atomic E-state index is 0.0216. The van der Waals surface area contributed by atoms with Gasteiger partial charge in [-0.3, -0.25) is 19.3 Å². The van der Waals surface area contributed by atoms with Gasteiger partial charge in [-0.2, -0.15) is 0 Å². The van der Waals surface area contributed by atoms with Crippen LogP contribution in [0.15, 0.2) is 17.0 Å². The van der Waals surface area contributed by atoms with Gasteiger partial charge >= 0.3 is 5.97 Å². The second-order valence-electron chi connectivity index (χ2n) is 7.75. The summed E-state index contributed by atoms with van der Waals surface area (Å²) in [6.45, 7) is 6.18. The molecule has 6 nitrogen and oxygen atoms in total. The maximum Gasteiger partial charge on any atom is 0.325 e. The van der Waals surface area contributed by atoms with Crippen molar-refractivity contribution in [2.45, 2.75) is 38.6 Å². The van der Waals surface area contributed by atoms with Gasteiger partial charge in [0.1, 0.15) is 6.54 Å². The molecule has 0 N–H and O–H groups in total. The molecule has 0 aromatic heterocycles. The number of halogens is 1. The molecule has 1 aromatic rings. The summed E-state index contributed by atoms with van der Waals surface area (Å²) in [5.74, 6) is -0.824.